The molecule has 0 unspecified atom stereocenters. The number of amides is 4. The molecule has 40 heavy (non-hydrogen) atoms. The summed E-state index contributed by atoms with van der Waals surface area (Å²) < 4.78 is 28.1. The van der Waals surface area contributed by atoms with Gasteiger partial charge in [-0.25, -0.2) is 23.6 Å². The maximum absolute atomic E-state index is 14.6. The standard InChI is InChI=1S/C29H29F2N5O4/c1-33-18-27(38)35-25(13-19-7-11-23(37)12-8-19)28(39)34(16-21-9-10-22(30)14-24(21)31)17-26(35)36(33)29(40)32-15-20-5-3-2-4-6-20/h2-12,14,25-26,37H,13,15-18H2,1H3,(H,32,40)/t25-,26+/m0/s1. The molecule has 2 heterocycles. The fourth-order valence-corrected chi connectivity index (χ4v) is 5.21. The van der Waals surface area contributed by atoms with Crippen LogP contribution in [0, 0.1) is 11.6 Å². The first-order valence-corrected chi connectivity index (χ1v) is 12.8. The highest BCUT2D eigenvalue weighted by molar-refractivity contribution is 5.91. The van der Waals surface area contributed by atoms with Crippen LogP contribution in [0.1, 0.15) is 16.7 Å². The molecule has 2 fully saturated rings. The zero-order valence-corrected chi connectivity index (χ0v) is 21.8. The molecule has 3 aromatic carbocycles. The summed E-state index contributed by atoms with van der Waals surface area (Å²) in [5.41, 5.74) is 1.69. The molecule has 2 saturated heterocycles. The molecule has 2 aliphatic heterocycles. The van der Waals surface area contributed by atoms with Crippen molar-refractivity contribution in [3.63, 3.8) is 0 Å². The number of hydrazine groups is 1. The maximum Gasteiger partial charge on any atom is 0.334 e. The first kappa shape index (κ1) is 27.1. The summed E-state index contributed by atoms with van der Waals surface area (Å²) in [6, 6.07) is 17.3. The summed E-state index contributed by atoms with van der Waals surface area (Å²) in [7, 11) is 1.62. The van der Waals surface area contributed by atoms with Gasteiger partial charge in [-0.15, -0.1) is 0 Å². The lowest BCUT2D eigenvalue weighted by molar-refractivity contribution is -0.187. The van der Waals surface area contributed by atoms with Crippen molar-refractivity contribution in [1.29, 1.82) is 0 Å². The lowest BCUT2D eigenvalue weighted by Gasteiger charge is -2.54. The van der Waals surface area contributed by atoms with Crippen molar-refractivity contribution in [2.24, 2.45) is 0 Å². The van der Waals surface area contributed by atoms with Crippen molar-refractivity contribution in [2.45, 2.75) is 31.7 Å². The van der Waals surface area contributed by atoms with Crippen LogP contribution >= 0.6 is 0 Å². The molecule has 0 bridgehead atoms. The number of piperazine rings is 1. The smallest absolute Gasteiger partial charge is 0.334 e. The molecule has 0 saturated carbocycles. The predicted molar refractivity (Wildman–Crippen MR) is 141 cm³/mol. The number of nitrogens with zero attached hydrogens (tertiary/aromatic N) is 4. The molecular formula is C29H29F2N5O4. The number of fused-ring (bicyclic) bond motifs is 1. The van der Waals surface area contributed by atoms with E-state index in [0.717, 1.165) is 17.7 Å². The van der Waals surface area contributed by atoms with E-state index in [9.17, 15) is 28.3 Å². The van der Waals surface area contributed by atoms with E-state index in [4.69, 9.17) is 0 Å². The highest BCUT2D eigenvalue weighted by atomic mass is 19.1. The Hall–Kier alpha value is -4.51. The van der Waals surface area contributed by atoms with Gasteiger partial charge in [-0.05, 0) is 29.3 Å². The molecule has 9 nitrogen and oxygen atoms in total. The molecule has 2 aliphatic rings. The molecule has 2 N–H and O–H groups in total. The summed E-state index contributed by atoms with van der Waals surface area (Å²) in [5, 5.41) is 15.5. The third-order valence-electron chi connectivity index (χ3n) is 7.18. The lowest BCUT2D eigenvalue weighted by Crippen LogP contribution is -2.76. The molecule has 0 aromatic heterocycles. The van der Waals surface area contributed by atoms with Crippen LogP contribution in [0.2, 0.25) is 0 Å². The Morgan fingerprint density at radius 3 is 2.42 bits per heavy atom. The van der Waals surface area contributed by atoms with Gasteiger partial charge in [0.1, 0.15) is 29.6 Å². The van der Waals surface area contributed by atoms with Crippen LogP contribution in [0.5, 0.6) is 5.75 Å². The van der Waals surface area contributed by atoms with Crippen molar-refractivity contribution >= 4 is 17.8 Å². The molecule has 3 aromatic rings. The van der Waals surface area contributed by atoms with Crippen LogP contribution in [0.3, 0.4) is 0 Å². The van der Waals surface area contributed by atoms with Gasteiger partial charge in [0, 0.05) is 38.2 Å². The minimum absolute atomic E-state index is 0.0574. The van der Waals surface area contributed by atoms with E-state index in [1.165, 1.54) is 38.0 Å². The van der Waals surface area contributed by atoms with E-state index in [1.807, 2.05) is 30.3 Å². The molecule has 208 valence electrons. The second-order valence-corrected chi connectivity index (χ2v) is 9.93. The Balaban J connectivity index is 1.47. The van der Waals surface area contributed by atoms with Crippen LogP contribution in [-0.2, 0) is 29.1 Å². The third kappa shape index (κ3) is 5.59. The molecular weight excluding hydrogens is 520 g/mol. The van der Waals surface area contributed by atoms with Crippen LogP contribution in [0.4, 0.5) is 13.6 Å². The number of benzene rings is 3. The zero-order valence-electron chi connectivity index (χ0n) is 21.8. The number of urea groups is 1. The van der Waals surface area contributed by atoms with E-state index in [0.29, 0.717) is 5.56 Å². The van der Waals surface area contributed by atoms with Gasteiger partial charge in [-0.2, -0.15) is 0 Å². The number of carbonyl (C=O) groups is 3. The normalized spacial score (nSPS) is 19.5. The van der Waals surface area contributed by atoms with Gasteiger partial charge in [0.25, 0.3) is 0 Å². The minimum atomic E-state index is -0.988. The first-order chi connectivity index (χ1) is 19.2. The Bertz CT molecular complexity index is 1410. The summed E-state index contributed by atoms with van der Waals surface area (Å²) in [5.74, 6) is -2.22. The summed E-state index contributed by atoms with van der Waals surface area (Å²) in [4.78, 5) is 43.5. The molecule has 5 rings (SSSR count). The van der Waals surface area contributed by atoms with Gasteiger partial charge in [0.05, 0.1) is 13.1 Å². The average Bonchev–Trinajstić information content (AvgIpc) is 2.92. The van der Waals surface area contributed by atoms with Crippen LogP contribution in [0.15, 0.2) is 72.8 Å². The van der Waals surface area contributed by atoms with E-state index in [1.54, 1.807) is 19.2 Å². The highest BCUT2D eigenvalue weighted by Gasteiger charge is 2.50. The van der Waals surface area contributed by atoms with Crippen molar-refractivity contribution in [3.05, 3.63) is 101 Å². The molecule has 2 atom stereocenters. The van der Waals surface area contributed by atoms with Gasteiger partial charge in [-0.1, -0.05) is 48.5 Å². The second kappa shape index (κ2) is 11.3. The number of phenolic OH excluding ortho intramolecular Hbond substituents is 1. The lowest BCUT2D eigenvalue weighted by atomic mass is 9.98. The van der Waals surface area contributed by atoms with Gasteiger partial charge >= 0.3 is 6.03 Å². The topological polar surface area (TPSA) is 96.4 Å². The molecule has 11 heteroatoms. The van der Waals surface area contributed by atoms with Crippen LogP contribution < -0.4 is 5.32 Å². The fraction of sp³-hybridized carbons (Fsp3) is 0.276. The van der Waals surface area contributed by atoms with Crippen molar-refractivity contribution in [2.75, 3.05) is 20.1 Å². The van der Waals surface area contributed by atoms with Crippen molar-refractivity contribution in [3.8, 4) is 5.75 Å². The fourth-order valence-electron chi connectivity index (χ4n) is 5.21. The highest BCUT2D eigenvalue weighted by Crippen LogP contribution is 2.29. The van der Waals surface area contributed by atoms with Gasteiger partial charge in [-0.3, -0.25) is 9.59 Å². The maximum atomic E-state index is 14.6. The number of likely N-dealkylation sites (N-methyl/N-ethyl adjacent to an activating group) is 1. The number of aromatic hydroxyl groups is 1. The quantitative estimate of drug-likeness (QED) is 0.493. The summed E-state index contributed by atoms with van der Waals surface area (Å²) >= 11 is 0. The van der Waals surface area contributed by atoms with Crippen molar-refractivity contribution < 1.29 is 28.3 Å². The van der Waals surface area contributed by atoms with Crippen LogP contribution in [-0.4, -0.2) is 75.1 Å². The SMILES string of the molecule is CN1CC(=O)N2[C@@H](CN(Cc3ccc(F)cc3F)C(=O)[C@@H]2Cc2ccc(O)cc2)N1C(=O)NCc1ccccc1. The van der Waals surface area contributed by atoms with Crippen LogP contribution in [0.25, 0.3) is 0 Å². The molecule has 0 aliphatic carbocycles. The van der Waals surface area contributed by atoms with Gasteiger partial charge < -0.3 is 20.2 Å². The Labute approximate surface area is 230 Å². The Morgan fingerprint density at radius 2 is 1.73 bits per heavy atom. The van der Waals surface area contributed by atoms with E-state index in [2.05, 4.69) is 5.32 Å². The van der Waals surface area contributed by atoms with Gasteiger partial charge in [0.15, 0.2) is 0 Å². The molecule has 4 amide bonds. The van der Waals surface area contributed by atoms with E-state index >= 15 is 0 Å². The minimum Gasteiger partial charge on any atom is -0.508 e. The zero-order chi connectivity index (χ0) is 28.4. The second-order valence-electron chi connectivity index (χ2n) is 9.93. The summed E-state index contributed by atoms with van der Waals surface area (Å²) in [6.07, 6.45) is -0.752. The number of hydrogen-bond donors (Lipinski definition) is 2. The van der Waals surface area contributed by atoms with Gasteiger partial charge in [0.2, 0.25) is 11.8 Å². The molecule has 0 spiro atoms. The number of carbonyl (C=O) groups excluding carboxylic acids is 3. The predicted octanol–water partition coefficient (Wildman–Crippen LogP) is 2.85. The number of halogens is 2. The Kier molecular flexibility index (Phi) is 7.65. The summed E-state index contributed by atoms with van der Waals surface area (Å²) in [6.45, 7) is -0.110. The molecule has 0 radical (unpaired) electrons. The monoisotopic (exact) mass is 549 g/mol. The number of nitrogens with one attached hydrogen (secondary N) is 1. The largest absolute Gasteiger partial charge is 0.508 e. The van der Waals surface area contributed by atoms with E-state index < -0.39 is 35.8 Å². The van der Waals surface area contributed by atoms with Crippen molar-refractivity contribution in [1.82, 2.24) is 25.1 Å². The van der Waals surface area contributed by atoms with E-state index in [-0.39, 0.29) is 49.8 Å². The Morgan fingerprint density at radius 1 is 1.00 bits per heavy atom. The third-order valence-corrected chi connectivity index (χ3v) is 7.18. The number of hydrogen-bond acceptors (Lipinski definition) is 5. The first-order valence-electron chi connectivity index (χ1n) is 12.8. The number of rotatable bonds is 6. The average molecular weight is 550 g/mol. The number of phenols is 1.